The number of nitrogens with zero attached hydrogens (tertiary/aromatic N) is 3. The van der Waals surface area contributed by atoms with Crippen molar-refractivity contribution in [3.05, 3.63) is 40.3 Å². The second-order valence-corrected chi connectivity index (χ2v) is 4.98. The van der Waals surface area contributed by atoms with Gasteiger partial charge in [-0.15, -0.1) is 11.6 Å². The lowest BCUT2D eigenvalue weighted by Crippen LogP contribution is -2.23. The minimum Gasteiger partial charge on any atom is -0.494 e. The third kappa shape index (κ3) is 3.80. The second kappa shape index (κ2) is 7.94. The first-order valence-electron chi connectivity index (χ1n) is 6.48. The summed E-state index contributed by atoms with van der Waals surface area (Å²) in [7, 11) is 1.38. The number of rotatable bonds is 6. The standard InChI is InChI=1S/C14H14Cl2FN5O/c1-18-13-9(6-21-22-13)14(20-7-15)19-5-8-10(16)3-4-11(23-2)12(8)17/h3-4,6H,1,5,7H2,2H3,(H,19,20)(H,21,22). The number of alkyl halides is 1. The molecule has 0 spiro atoms. The van der Waals surface area contributed by atoms with E-state index in [9.17, 15) is 4.39 Å². The van der Waals surface area contributed by atoms with Crippen molar-refractivity contribution in [3.8, 4) is 5.75 Å². The Morgan fingerprint density at radius 1 is 1.52 bits per heavy atom. The first-order valence-corrected chi connectivity index (χ1v) is 7.39. The van der Waals surface area contributed by atoms with Gasteiger partial charge in [-0.05, 0) is 18.9 Å². The lowest BCUT2D eigenvalue weighted by molar-refractivity contribution is 0.384. The molecule has 6 nitrogen and oxygen atoms in total. The molecule has 0 saturated carbocycles. The van der Waals surface area contributed by atoms with Crippen molar-refractivity contribution < 1.29 is 9.13 Å². The van der Waals surface area contributed by atoms with Gasteiger partial charge in [0.2, 0.25) is 0 Å². The molecule has 122 valence electrons. The molecule has 0 saturated heterocycles. The average Bonchev–Trinajstić information content (AvgIpc) is 3.02. The SMILES string of the molecule is C=Nc1[nH]ncc1C(=NCc1c(Cl)ccc(OC)c1F)NCCl. The van der Waals surface area contributed by atoms with Crippen molar-refractivity contribution in [3.63, 3.8) is 0 Å². The largest absolute Gasteiger partial charge is 0.494 e. The van der Waals surface area contributed by atoms with E-state index in [1.54, 1.807) is 6.07 Å². The van der Waals surface area contributed by atoms with E-state index in [0.29, 0.717) is 17.2 Å². The second-order valence-electron chi connectivity index (χ2n) is 4.31. The van der Waals surface area contributed by atoms with Crippen LogP contribution in [0.15, 0.2) is 28.3 Å². The fraction of sp³-hybridized carbons (Fsp3) is 0.214. The molecular weight excluding hydrogens is 344 g/mol. The van der Waals surface area contributed by atoms with Crippen molar-refractivity contribution in [2.24, 2.45) is 9.98 Å². The lowest BCUT2D eigenvalue weighted by atomic mass is 10.2. The topological polar surface area (TPSA) is 74.7 Å². The third-order valence-electron chi connectivity index (χ3n) is 3.03. The number of nitrogens with one attached hydrogen (secondary N) is 2. The van der Waals surface area contributed by atoms with Crippen LogP contribution >= 0.6 is 23.2 Å². The van der Waals surface area contributed by atoms with Gasteiger partial charge in [0.25, 0.3) is 0 Å². The van der Waals surface area contributed by atoms with Crippen LogP contribution in [0.2, 0.25) is 5.02 Å². The van der Waals surface area contributed by atoms with Crippen LogP contribution in [0.1, 0.15) is 11.1 Å². The van der Waals surface area contributed by atoms with Crippen LogP contribution in [0.25, 0.3) is 0 Å². The van der Waals surface area contributed by atoms with Gasteiger partial charge in [-0.3, -0.25) is 10.1 Å². The summed E-state index contributed by atoms with van der Waals surface area (Å²) in [6.45, 7) is 3.43. The molecule has 0 radical (unpaired) electrons. The lowest BCUT2D eigenvalue weighted by Gasteiger charge is -2.10. The van der Waals surface area contributed by atoms with Crippen molar-refractivity contribution in [1.82, 2.24) is 15.5 Å². The number of benzene rings is 1. The summed E-state index contributed by atoms with van der Waals surface area (Å²) in [4.78, 5) is 8.12. The van der Waals surface area contributed by atoms with Gasteiger partial charge in [0.1, 0.15) is 5.84 Å². The molecule has 0 aliphatic carbocycles. The molecule has 0 amide bonds. The molecule has 1 heterocycles. The Balaban J connectivity index is 2.37. The predicted octanol–water partition coefficient (Wildman–Crippen LogP) is 3.28. The number of aromatic nitrogens is 2. The molecule has 2 N–H and O–H groups in total. The molecule has 1 aromatic heterocycles. The Hall–Kier alpha value is -2.12. The number of aliphatic imine (C=N–C) groups is 2. The van der Waals surface area contributed by atoms with Gasteiger partial charge in [-0.1, -0.05) is 11.6 Å². The van der Waals surface area contributed by atoms with Gasteiger partial charge in [0.15, 0.2) is 17.4 Å². The van der Waals surface area contributed by atoms with Gasteiger partial charge >= 0.3 is 0 Å². The van der Waals surface area contributed by atoms with Crippen LogP contribution in [-0.4, -0.2) is 35.9 Å². The average molecular weight is 358 g/mol. The maximum absolute atomic E-state index is 14.3. The zero-order chi connectivity index (χ0) is 16.8. The Labute approximate surface area is 142 Å². The zero-order valence-corrected chi connectivity index (χ0v) is 13.7. The van der Waals surface area contributed by atoms with E-state index in [4.69, 9.17) is 27.9 Å². The summed E-state index contributed by atoms with van der Waals surface area (Å²) in [5, 5.41) is 9.67. The minimum absolute atomic E-state index is 0.0111. The highest BCUT2D eigenvalue weighted by molar-refractivity contribution is 6.31. The summed E-state index contributed by atoms with van der Waals surface area (Å²) >= 11 is 11.8. The molecular formula is C14H14Cl2FN5O. The van der Waals surface area contributed by atoms with Crippen molar-refractivity contribution in [1.29, 1.82) is 0 Å². The Bertz CT molecular complexity index is 732. The quantitative estimate of drug-likeness (QED) is 0.360. The normalized spacial score (nSPS) is 11.4. The van der Waals surface area contributed by atoms with Crippen LogP contribution in [0, 0.1) is 5.82 Å². The smallest absolute Gasteiger partial charge is 0.171 e. The van der Waals surface area contributed by atoms with Gasteiger partial charge in [-0.2, -0.15) is 5.10 Å². The van der Waals surface area contributed by atoms with E-state index in [1.165, 1.54) is 19.4 Å². The Morgan fingerprint density at radius 2 is 2.30 bits per heavy atom. The Kier molecular flexibility index (Phi) is 5.95. The van der Waals surface area contributed by atoms with E-state index in [-0.39, 0.29) is 28.9 Å². The monoisotopic (exact) mass is 357 g/mol. The molecule has 0 aliphatic rings. The molecule has 0 bridgehead atoms. The van der Waals surface area contributed by atoms with Crippen LogP contribution in [0.4, 0.5) is 10.2 Å². The molecule has 23 heavy (non-hydrogen) atoms. The first kappa shape index (κ1) is 17.2. The van der Waals surface area contributed by atoms with Crippen LogP contribution in [0.3, 0.4) is 0 Å². The molecule has 0 fully saturated rings. The van der Waals surface area contributed by atoms with Crippen molar-refractivity contribution >= 4 is 41.6 Å². The number of aromatic amines is 1. The predicted molar refractivity (Wildman–Crippen MR) is 89.9 cm³/mol. The fourth-order valence-electron chi connectivity index (χ4n) is 1.91. The van der Waals surface area contributed by atoms with E-state index in [1.807, 2.05) is 0 Å². The highest BCUT2D eigenvalue weighted by atomic mass is 35.5. The molecule has 0 unspecified atom stereocenters. The molecule has 9 heteroatoms. The zero-order valence-electron chi connectivity index (χ0n) is 12.2. The maximum Gasteiger partial charge on any atom is 0.171 e. The molecule has 2 rings (SSSR count). The summed E-state index contributed by atoms with van der Waals surface area (Å²) < 4.78 is 19.2. The Morgan fingerprint density at radius 3 is 2.96 bits per heavy atom. The van der Waals surface area contributed by atoms with Crippen LogP contribution in [-0.2, 0) is 6.54 Å². The molecule has 1 aromatic carbocycles. The fourth-order valence-corrected chi connectivity index (χ4v) is 2.24. The summed E-state index contributed by atoms with van der Waals surface area (Å²) in [5.41, 5.74) is 0.788. The van der Waals surface area contributed by atoms with E-state index in [2.05, 4.69) is 32.2 Å². The summed E-state index contributed by atoms with van der Waals surface area (Å²) in [5.74, 6) is 0.375. The van der Waals surface area contributed by atoms with Gasteiger partial charge < -0.3 is 10.1 Å². The van der Waals surface area contributed by atoms with Crippen molar-refractivity contribution in [2.45, 2.75) is 6.54 Å². The number of methoxy groups -OCH3 is 1. The highest BCUT2D eigenvalue weighted by Gasteiger charge is 2.15. The molecule has 0 atom stereocenters. The number of amidine groups is 1. The number of hydrogen-bond acceptors (Lipinski definition) is 4. The van der Waals surface area contributed by atoms with E-state index in [0.717, 1.165) is 0 Å². The van der Waals surface area contributed by atoms with Crippen LogP contribution < -0.4 is 10.1 Å². The van der Waals surface area contributed by atoms with Crippen molar-refractivity contribution in [2.75, 3.05) is 13.1 Å². The molecule has 2 aromatic rings. The number of ether oxygens (including phenoxy) is 1. The van der Waals surface area contributed by atoms with Gasteiger partial charge in [0.05, 0.1) is 31.4 Å². The van der Waals surface area contributed by atoms with Gasteiger partial charge in [-0.25, -0.2) is 9.38 Å². The molecule has 0 aliphatic heterocycles. The van der Waals surface area contributed by atoms with E-state index >= 15 is 0 Å². The highest BCUT2D eigenvalue weighted by Crippen LogP contribution is 2.28. The number of halogens is 3. The first-order chi connectivity index (χ1) is 11.1. The third-order valence-corrected chi connectivity index (χ3v) is 3.52. The van der Waals surface area contributed by atoms with Gasteiger partial charge in [0, 0.05) is 10.6 Å². The summed E-state index contributed by atoms with van der Waals surface area (Å²) in [6, 6.07) is 3.12. The minimum atomic E-state index is -0.553. The van der Waals surface area contributed by atoms with E-state index < -0.39 is 5.82 Å². The van der Waals surface area contributed by atoms with Crippen LogP contribution in [0.5, 0.6) is 5.75 Å². The number of hydrogen-bond donors (Lipinski definition) is 2. The maximum atomic E-state index is 14.3. The summed E-state index contributed by atoms with van der Waals surface area (Å²) in [6.07, 6.45) is 1.52. The number of H-pyrrole nitrogens is 1.